The molecule has 0 fully saturated rings. The van der Waals surface area contributed by atoms with Crippen molar-refractivity contribution in [2.45, 2.75) is 51.9 Å². The summed E-state index contributed by atoms with van der Waals surface area (Å²) in [5.41, 5.74) is 1.71. The van der Waals surface area contributed by atoms with Gasteiger partial charge in [0, 0.05) is 0 Å². The molecule has 0 bridgehead atoms. The fourth-order valence-corrected chi connectivity index (χ4v) is 2.10. The van der Waals surface area contributed by atoms with E-state index in [0.717, 1.165) is 5.92 Å². The maximum atomic E-state index is 3.81. The van der Waals surface area contributed by atoms with Gasteiger partial charge in [0.2, 0.25) is 0 Å². The second kappa shape index (κ2) is 6.01. The summed E-state index contributed by atoms with van der Waals surface area (Å²) in [6.07, 6.45) is 13.9. The number of rotatable bonds is 5. The minimum absolute atomic E-state index is 0.804. The summed E-state index contributed by atoms with van der Waals surface area (Å²) >= 11 is 0. The normalized spacial score (nSPS) is 22.5. The molecule has 1 aliphatic carbocycles. The third-order valence-corrected chi connectivity index (χ3v) is 2.87. The molecule has 1 unspecified atom stereocenters. The van der Waals surface area contributed by atoms with Crippen molar-refractivity contribution >= 4 is 0 Å². The van der Waals surface area contributed by atoms with Gasteiger partial charge in [-0.1, -0.05) is 31.1 Å². The Bertz CT molecular complexity index is 176. The summed E-state index contributed by atoms with van der Waals surface area (Å²) in [6, 6.07) is 0. The zero-order chi connectivity index (χ0) is 9.52. The van der Waals surface area contributed by atoms with Gasteiger partial charge in [0.05, 0.1) is 0 Å². The largest absolute Gasteiger partial charge is 0.103 e. The van der Waals surface area contributed by atoms with E-state index in [9.17, 15) is 0 Å². The van der Waals surface area contributed by atoms with E-state index in [4.69, 9.17) is 0 Å². The van der Waals surface area contributed by atoms with Crippen LogP contribution in [0.15, 0.2) is 24.3 Å². The molecule has 1 aliphatic rings. The maximum Gasteiger partial charge on any atom is -0.0196 e. The topological polar surface area (TPSA) is 0 Å². The first-order valence-electron chi connectivity index (χ1n) is 5.67. The number of hydrogen-bond acceptors (Lipinski definition) is 0. The summed E-state index contributed by atoms with van der Waals surface area (Å²) in [5, 5.41) is 0. The molecule has 0 heteroatoms. The molecule has 1 rings (SSSR count). The van der Waals surface area contributed by atoms with E-state index in [0.29, 0.717) is 0 Å². The highest BCUT2D eigenvalue weighted by Crippen LogP contribution is 2.28. The average molecular weight is 178 g/mol. The molecule has 13 heavy (non-hydrogen) atoms. The lowest BCUT2D eigenvalue weighted by Gasteiger charge is -2.19. The van der Waals surface area contributed by atoms with Crippen LogP contribution in [0.25, 0.3) is 0 Å². The van der Waals surface area contributed by atoms with Crippen LogP contribution in [0.5, 0.6) is 0 Å². The summed E-state index contributed by atoms with van der Waals surface area (Å²) in [7, 11) is 0. The molecule has 0 aromatic carbocycles. The maximum absolute atomic E-state index is 3.81. The second-order valence-corrected chi connectivity index (χ2v) is 4.11. The lowest BCUT2D eigenvalue weighted by atomic mass is 9.86. The monoisotopic (exact) mass is 178 g/mol. The zero-order valence-corrected chi connectivity index (χ0v) is 8.89. The van der Waals surface area contributed by atoms with Gasteiger partial charge in [-0.15, -0.1) is 6.58 Å². The number of unbranched alkanes of at least 4 members (excludes halogenated alkanes) is 1. The molecule has 1 atom stereocenters. The van der Waals surface area contributed by atoms with Crippen molar-refractivity contribution in [3.8, 4) is 0 Å². The Morgan fingerprint density at radius 1 is 1.62 bits per heavy atom. The fraction of sp³-hybridized carbons (Fsp3) is 0.692. The highest BCUT2D eigenvalue weighted by Gasteiger charge is 2.11. The van der Waals surface area contributed by atoms with Crippen molar-refractivity contribution in [3.63, 3.8) is 0 Å². The Balaban J connectivity index is 2.38. The molecule has 0 saturated carbocycles. The van der Waals surface area contributed by atoms with E-state index in [2.05, 4.69) is 25.7 Å². The van der Waals surface area contributed by atoms with Crippen LogP contribution in [0.3, 0.4) is 0 Å². The minimum atomic E-state index is 0.804. The van der Waals surface area contributed by atoms with Crippen LogP contribution in [0.2, 0.25) is 0 Å². The fourth-order valence-electron chi connectivity index (χ4n) is 2.10. The van der Waals surface area contributed by atoms with Crippen molar-refractivity contribution in [1.82, 2.24) is 0 Å². The van der Waals surface area contributed by atoms with Gasteiger partial charge in [-0.2, -0.15) is 0 Å². The van der Waals surface area contributed by atoms with Crippen molar-refractivity contribution in [3.05, 3.63) is 24.3 Å². The average Bonchev–Trinajstić information content (AvgIpc) is 2.16. The third kappa shape index (κ3) is 3.80. The Kier molecular flexibility index (Phi) is 4.88. The summed E-state index contributed by atoms with van der Waals surface area (Å²) in [4.78, 5) is 0. The highest BCUT2D eigenvalue weighted by molar-refractivity contribution is 5.08. The predicted octanol–water partition coefficient (Wildman–Crippen LogP) is 4.48. The van der Waals surface area contributed by atoms with E-state index in [-0.39, 0.29) is 0 Å². The van der Waals surface area contributed by atoms with Crippen LogP contribution in [0.1, 0.15) is 51.9 Å². The number of allylic oxidation sites excluding steroid dienone is 3. The van der Waals surface area contributed by atoms with Crippen LogP contribution < -0.4 is 0 Å². The van der Waals surface area contributed by atoms with Gasteiger partial charge >= 0.3 is 0 Å². The first-order chi connectivity index (χ1) is 6.36. The van der Waals surface area contributed by atoms with Crippen LogP contribution in [0.4, 0.5) is 0 Å². The molecule has 0 heterocycles. The quantitative estimate of drug-likeness (QED) is 0.544. The Labute approximate surface area is 82.7 Å². The SMILES string of the molecule is C=CCC1C=C(CCCC)CCC1. The Morgan fingerprint density at radius 2 is 2.46 bits per heavy atom. The molecular weight excluding hydrogens is 156 g/mol. The zero-order valence-electron chi connectivity index (χ0n) is 8.89. The van der Waals surface area contributed by atoms with Crippen LogP contribution in [0, 0.1) is 5.92 Å². The van der Waals surface area contributed by atoms with Gasteiger partial charge in [0.1, 0.15) is 0 Å². The summed E-state index contributed by atoms with van der Waals surface area (Å²) < 4.78 is 0. The van der Waals surface area contributed by atoms with Gasteiger partial charge < -0.3 is 0 Å². The van der Waals surface area contributed by atoms with E-state index in [1.165, 1.54) is 44.9 Å². The van der Waals surface area contributed by atoms with Crippen molar-refractivity contribution < 1.29 is 0 Å². The lowest BCUT2D eigenvalue weighted by Crippen LogP contribution is -2.03. The molecule has 0 N–H and O–H groups in total. The molecule has 74 valence electrons. The summed E-state index contributed by atoms with van der Waals surface area (Å²) in [5.74, 6) is 0.804. The van der Waals surface area contributed by atoms with Crippen molar-refractivity contribution in [1.29, 1.82) is 0 Å². The second-order valence-electron chi connectivity index (χ2n) is 4.11. The smallest absolute Gasteiger partial charge is 0.0196 e. The molecule has 0 nitrogen and oxygen atoms in total. The molecule has 0 saturated heterocycles. The van der Waals surface area contributed by atoms with Gasteiger partial charge in [-0.3, -0.25) is 0 Å². The lowest BCUT2D eigenvalue weighted by molar-refractivity contribution is 0.521. The predicted molar refractivity (Wildman–Crippen MR) is 59.8 cm³/mol. The minimum Gasteiger partial charge on any atom is -0.103 e. The van der Waals surface area contributed by atoms with Crippen LogP contribution >= 0.6 is 0 Å². The van der Waals surface area contributed by atoms with Crippen LogP contribution in [-0.2, 0) is 0 Å². The van der Waals surface area contributed by atoms with Crippen molar-refractivity contribution in [2.24, 2.45) is 5.92 Å². The first kappa shape index (κ1) is 10.6. The Morgan fingerprint density at radius 3 is 3.15 bits per heavy atom. The van der Waals surface area contributed by atoms with E-state index >= 15 is 0 Å². The van der Waals surface area contributed by atoms with Gasteiger partial charge in [0.25, 0.3) is 0 Å². The van der Waals surface area contributed by atoms with E-state index in [1.807, 2.05) is 0 Å². The highest BCUT2D eigenvalue weighted by atomic mass is 14.2. The molecule has 0 aromatic rings. The van der Waals surface area contributed by atoms with E-state index in [1.54, 1.807) is 5.57 Å². The molecular formula is C13H22. The summed E-state index contributed by atoms with van der Waals surface area (Å²) in [6.45, 7) is 6.08. The van der Waals surface area contributed by atoms with Gasteiger partial charge in [0.15, 0.2) is 0 Å². The van der Waals surface area contributed by atoms with Gasteiger partial charge in [-0.05, 0) is 44.4 Å². The van der Waals surface area contributed by atoms with Crippen molar-refractivity contribution in [2.75, 3.05) is 0 Å². The molecule has 0 spiro atoms. The molecule has 0 amide bonds. The number of hydrogen-bond donors (Lipinski definition) is 0. The van der Waals surface area contributed by atoms with Crippen LogP contribution in [-0.4, -0.2) is 0 Å². The standard InChI is InChI=1S/C13H22/c1-3-5-8-13-10-6-9-12(11-13)7-4-2/h4,11-12H,2-3,5-10H2,1H3. The Hall–Kier alpha value is -0.520. The first-order valence-corrected chi connectivity index (χ1v) is 5.67. The molecule has 0 radical (unpaired) electrons. The molecule has 0 aliphatic heterocycles. The molecule has 0 aromatic heterocycles. The van der Waals surface area contributed by atoms with Gasteiger partial charge in [-0.25, -0.2) is 0 Å². The van der Waals surface area contributed by atoms with E-state index < -0.39 is 0 Å². The third-order valence-electron chi connectivity index (χ3n) is 2.87.